The molecule has 0 radical (unpaired) electrons. The van der Waals surface area contributed by atoms with Crippen LogP contribution < -0.4 is 4.74 Å². The molecule has 0 aromatic heterocycles. The Kier molecular flexibility index (Phi) is 8.46. The van der Waals surface area contributed by atoms with Crippen molar-refractivity contribution in [3.63, 3.8) is 0 Å². The molecule has 0 saturated heterocycles. The molecule has 1 rings (SSSR count). The topological polar surface area (TPSA) is 82.8 Å². The predicted molar refractivity (Wildman–Crippen MR) is 84.9 cm³/mol. The zero-order chi connectivity index (χ0) is 20.7. The van der Waals surface area contributed by atoms with Crippen molar-refractivity contribution in [2.24, 2.45) is 5.92 Å². The van der Waals surface area contributed by atoms with E-state index in [0.29, 0.717) is 6.42 Å². The molecule has 150 valence electrons. The number of amides is 1. The minimum Gasteiger partial charge on any atom is -0.473 e. The van der Waals surface area contributed by atoms with E-state index < -0.39 is 53.2 Å². The summed E-state index contributed by atoms with van der Waals surface area (Å²) in [5.74, 6) is -10.4. The Balaban J connectivity index is 3.18. The second-order valence-corrected chi connectivity index (χ2v) is 5.99. The SMILES string of the molecule is CCN(O)C(=O)C(COCCC(C)C)Oc1c(F)c(F)c(F)c(F)c1C#N. The molecule has 0 aliphatic rings. The third-order valence-electron chi connectivity index (χ3n) is 3.53. The Morgan fingerprint density at radius 2 is 1.78 bits per heavy atom. The van der Waals surface area contributed by atoms with E-state index in [2.05, 4.69) is 0 Å². The van der Waals surface area contributed by atoms with E-state index in [-0.39, 0.29) is 24.1 Å². The van der Waals surface area contributed by atoms with Gasteiger partial charge in [0.15, 0.2) is 17.4 Å². The summed E-state index contributed by atoms with van der Waals surface area (Å²) in [6.07, 6.45) is -1.09. The molecule has 27 heavy (non-hydrogen) atoms. The molecule has 1 amide bonds. The van der Waals surface area contributed by atoms with Gasteiger partial charge >= 0.3 is 0 Å². The standard InChI is InChI=1S/C17H20F4N2O4/c1-4-23(25)17(24)11(8-26-6-5-9(2)3)27-16-10(7-22)12(18)13(19)14(20)15(16)21/h9,11,25H,4-6,8H2,1-3H3. The molecule has 0 heterocycles. The number of halogens is 4. The molecule has 0 aliphatic carbocycles. The van der Waals surface area contributed by atoms with Gasteiger partial charge in [-0.2, -0.15) is 9.65 Å². The lowest BCUT2D eigenvalue weighted by molar-refractivity contribution is -0.175. The molecule has 0 saturated carbocycles. The van der Waals surface area contributed by atoms with Gasteiger partial charge in [-0.15, -0.1) is 0 Å². The van der Waals surface area contributed by atoms with Crippen molar-refractivity contribution >= 4 is 5.91 Å². The van der Waals surface area contributed by atoms with Crippen LogP contribution >= 0.6 is 0 Å². The Morgan fingerprint density at radius 1 is 1.19 bits per heavy atom. The Hall–Kier alpha value is -2.38. The molecule has 1 atom stereocenters. The quantitative estimate of drug-likeness (QED) is 0.174. The van der Waals surface area contributed by atoms with Crippen LogP contribution in [0.25, 0.3) is 0 Å². The fraction of sp³-hybridized carbons (Fsp3) is 0.529. The number of ether oxygens (including phenoxy) is 2. The highest BCUT2D eigenvalue weighted by Gasteiger charge is 2.32. The summed E-state index contributed by atoms with van der Waals surface area (Å²) in [7, 11) is 0. The van der Waals surface area contributed by atoms with Crippen molar-refractivity contribution < 1.29 is 37.0 Å². The number of nitriles is 1. The number of likely N-dealkylation sites (N-methyl/N-ethyl adjacent to an activating group) is 1. The van der Waals surface area contributed by atoms with Crippen molar-refractivity contribution in [2.75, 3.05) is 19.8 Å². The minimum absolute atomic E-state index is 0.162. The average molecular weight is 392 g/mol. The van der Waals surface area contributed by atoms with Crippen molar-refractivity contribution in [3.05, 3.63) is 28.8 Å². The molecule has 6 nitrogen and oxygen atoms in total. The van der Waals surface area contributed by atoms with Crippen LogP contribution in [0.1, 0.15) is 32.8 Å². The second-order valence-electron chi connectivity index (χ2n) is 5.99. The smallest absolute Gasteiger partial charge is 0.289 e. The van der Waals surface area contributed by atoms with Crippen molar-refractivity contribution in [1.29, 1.82) is 5.26 Å². The van der Waals surface area contributed by atoms with E-state index in [4.69, 9.17) is 14.7 Å². The van der Waals surface area contributed by atoms with Crippen LogP contribution in [0.2, 0.25) is 0 Å². The number of hydrogen-bond acceptors (Lipinski definition) is 5. The summed E-state index contributed by atoms with van der Waals surface area (Å²) in [4.78, 5) is 12.2. The highest BCUT2D eigenvalue weighted by atomic mass is 19.2. The Morgan fingerprint density at radius 3 is 2.30 bits per heavy atom. The van der Waals surface area contributed by atoms with E-state index >= 15 is 0 Å². The molecule has 1 aromatic carbocycles. The van der Waals surface area contributed by atoms with Gasteiger partial charge in [-0.25, -0.2) is 18.2 Å². The van der Waals surface area contributed by atoms with Gasteiger partial charge in [-0.1, -0.05) is 13.8 Å². The molecule has 10 heteroatoms. The maximum atomic E-state index is 14.0. The Labute approximate surface area is 153 Å². The highest BCUT2D eigenvalue weighted by molar-refractivity contribution is 5.80. The van der Waals surface area contributed by atoms with Gasteiger partial charge in [0.25, 0.3) is 5.91 Å². The van der Waals surface area contributed by atoms with Crippen LogP contribution in [0.4, 0.5) is 17.6 Å². The second kappa shape index (κ2) is 10.1. The van der Waals surface area contributed by atoms with Crippen LogP contribution in [0.15, 0.2) is 0 Å². The number of hydrogen-bond donors (Lipinski definition) is 1. The van der Waals surface area contributed by atoms with E-state index in [1.807, 2.05) is 13.8 Å². The third-order valence-corrected chi connectivity index (χ3v) is 3.53. The zero-order valence-electron chi connectivity index (χ0n) is 15.1. The number of rotatable bonds is 9. The fourth-order valence-electron chi connectivity index (χ4n) is 1.95. The highest BCUT2D eigenvalue weighted by Crippen LogP contribution is 2.31. The molecule has 1 unspecified atom stereocenters. The normalized spacial score (nSPS) is 12.0. The summed E-state index contributed by atoms with van der Waals surface area (Å²) < 4.78 is 64.7. The lowest BCUT2D eigenvalue weighted by atomic mass is 10.1. The lowest BCUT2D eigenvalue weighted by Crippen LogP contribution is -2.43. The first-order valence-corrected chi connectivity index (χ1v) is 8.16. The van der Waals surface area contributed by atoms with Gasteiger partial charge in [-0.3, -0.25) is 10.0 Å². The number of nitrogens with zero attached hydrogens (tertiary/aromatic N) is 2. The number of hydroxylamine groups is 2. The monoisotopic (exact) mass is 392 g/mol. The van der Waals surface area contributed by atoms with Gasteiger partial charge in [0, 0.05) is 13.2 Å². The fourth-order valence-corrected chi connectivity index (χ4v) is 1.95. The van der Waals surface area contributed by atoms with Crippen LogP contribution in [-0.2, 0) is 9.53 Å². The summed E-state index contributed by atoms with van der Waals surface area (Å²) in [6.45, 7) is 4.81. The maximum absolute atomic E-state index is 14.0. The van der Waals surface area contributed by atoms with Crippen molar-refractivity contribution in [3.8, 4) is 11.8 Å². The van der Waals surface area contributed by atoms with Gasteiger partial charge in [0.1, 0.15) is 11.6 Å². The molecule has 1 N–H and O–H groups in total. The predicted octanol–water partition coefficient (Wildman–Crippen LogP) is 3.16. The van der Waals surface area contributed by atoms with Crippen LogP contribution in [0.3, 0.4) is 0 Å². The van der Waals surface area contributed by atoms with Gasteiger partial charge in [0.05, 0.1) is 6.61 Å². The van der Waals surface area contributed by atoms with Crippen LogP contribution in [0.5, 0.6) is 5.75 Å². The first-order chi connectivity index (χ1) is 12.6. The van der Waals surface area contributed by atoms with Gasteiger partial charge < -0.3 is 9.47 Å². The number of carbonyl (C=O) groups is 1. The Bertz CT molecular complexity index is 722. The first-order valence-electron chi connectivity index (χ1n) is 8.16. The molecule has 0 fully saturated rings. The van der Waals surface area contributed by atoms with E-state index in [1.165, 1.54) is 13.0 Å². The maximum Gasteiger partial charge on any atom is 0.289 e. The largest absolute Gasteiger partial charge is 0.473 e. The molecular formula is C17H20F4N2O4. The summed E-state index contributed by atoms with van der Waals surface area (Å²) >= 11 is 0. The van der Waals surface area contributed by atoms with E-state index in [9.17, 15) is 27.6 Å². The van der Waals surface area contributed by atoms with Crippen LogP contribution in [0, 0.1) is 40.5 Å². The zero-order valence-corrected chi connectivity index (χ0v) is 15.1. The molecular weight excluding hydrogens is 372 g/mol. The lowest BCUT2D eigenvalue weighted by Gasteiger charge is -2.23. The molecule has 0 aliphatic heterocycles. The molecule has 0 spiro atoms. The molecule has 0 bridgehead atoms. The average Bonchev–Trinajstić information content (AvgIpc) is 2.65. The minimum atomic E-state index is -2.19. The summed E-state index contributed by atoms with van der Waals surface area (Å²) in [5.41, 5.74) is -1.24. The summed E-state index contributed by atoms with van der Waals surface area (Å²) in [6, 6.07) is 1.17. The third kappa shape index (κ3) is 5.55. The van der Waals surface area contributed by atoms with E-state index in [0.717, 1.165) is 0 Å². The van der Waals surface area contributed by atoms with Gasteiger partial charge in [-0.05, 0) is 19.3 Å². The van der Waals surface area contributed by atoms with Gasteiger partial charge in [0.2, 0.25) is 17.7 Å². The van der Waals surface area contributed by atoms with Crippen molar-refractivity contribution in [2.45, 2.75) is 33.3 Å². The van der Waals surface area contributed by atoms with E-state index in [1.54, 1.807) is 0 Å². The summed E-state index contributed by atoms with van der Waals surface area (Å²) in [5, 5.41) is 18.7. The number of carbonyl (C=O) groups excluding carboxylic acids is 1. The first kappa shape index (κ1) is 22.7. The number of benzene rings is 1. The van der Waals surface area contributed by atoms with Crippen molar-refractivity contribution in [1.82, 2.24) is 5.06 Å². The molecule has 1 aromatic rings. The van der Waals surface area contributed by atoms with Crippen LogP contribution in [-0.4, -0.2) is 42.0 Å².